The lowest BCUT2D eigenvalue weighted by molar-refractivity contribution is -0.136. The maximum Gasteiger partial charge on any atom is 0.262 e. The van der Waals surface area contributed by atoms with E-state index in [9.17, 15) is 28.4 Å². The third kappa shape index (κ3) is 7.98. The average Bonchev–Trinajstić information content (AvgIpc) is 3.76. The summed E-state index contributed by atoms with van der Waals surface area (Å²) in [4.78, 5) is 76.1. The van der Waals surface area contributed by atoms with Crippen molar-refractivity contribution >= 4 is 40.9 Å². The molecule has 2 unspecified atom stereocenters. The molecule has 3 atom stereocenters. The van der Waals surface area contributed by atoms with Gasteiger partial charge in [-0.3, -0.25) is 39.1 Å². The van der Waals surface area contributed by atoms with E-state index in [1.165, 1.54) is 11.3 Å². The van der Waals surface area contributed by atoms with Gasteiger partial charge in [0, 0.05) is 101 Å². The predicted octanol–water partition coefficient (Wildman–Crippen LogP) is 4.41. The number of piperazine rings is 1. The maximum atomic E-state index is 14.7. The minimum Gasteiger partial charge on any atom is -0.371 e. The van der Waals surface area contributed by atoms with E-state index in [-0.39, 0.29) is 30.1 Å². The first-order chi connectivity index (χ1) is 27.9. The van der Waals surface area contributed by atoms with Crippen molar-refractivity contribution in [3.63, 3.8) is 0 Å². The number of halogens is 1. The van der Waals surface area contributed by atoms with E-state index in [1.807, 2.05) is 24.0 Å². The van der Waals surface area contributed by atoms with Crippen LogP contribution in [0.5, 0.6) is 0 Å². The number of fused-ring (bicyclic) bond motifs is 1. The van der Waals surface area contributed by atoms with Gasteiger partial charge in [0.15, 0.2) is 0 Å². The van der Waals surface area contributed by atoms with Gasteiger partial charge in [-0.25, -0.2) is 4.39 Å². The molecule has 4 saturated heterocycles. The number of benzene rings is 3. The van der Waals surface area contributed by atoms with Crippen LogP contribution in [-0.2, 0) is 20.9 Å². The lowest BCUT2D eigenvalue weighted by Gasteiger charge is -2.37. The Morgan fingerprint density at radius 2 is 1.50 bits per heavy atom. The second-order valence-electron chi connectivity index (χ2n) is 17.0. The van der Waals surface area contributed by atoms with Crippen molar-refractivity contribution in [2.24, 2.45) is 5.92 Å². The molecule has 4 fully saturated rings. The lowest BCUT2D eigenvalue weighted by Crippen LogP contribution is -2.54. The van der Waals surface area contributed by atoms with Crippen LogP contribution in [0.1, 0.15) is 81.8 Å². The lowest BCUT2D eigenvalue weighted by atomic mass is 9.91. The highest BCUT2D eigenvalue weighted by atomic mass is 19.1. The van der Waals surface area contributed by atoms with Crippen LogP contribution in [0, 0.1) is 18.7 Å². The summed E-state index contributed by atoms with van der Waals surface area (Å²) >= 11 is 0. The number of nitrogens with zero attached hydrogens (tertiary/aromatic N) is 6. The highest BCUT2D eigenvalue weighted by molar-refractivity contribution is 6.23. The summed E-state index contributed by atoms with van der Waals surface area (Å²) in [6, 6.07) is 18.9. The van der Waals surface area contributed by atoms with Crippen LogP contribution in [0.15, 0.2) is 60.7 Å². The SMILES string of the molecule is Cc1cccc(F)c1CN1CC(N(C)C)[C@@H](c2ccc(N3CCN(C(=O)CCC4CCN(c5ccc6c(c5)C(=O)N(C5CCC(=O)NC5=O)C6=O)CC4)CC3)cc2)C1. The van der Waals surface area contributed by atoms with E-state index < -0.39 is 29.7 Å². The molecule has 0 bridgehead atoms. The smallest absolute Gasteiger partial charge is 0.262 e. The van der Waals surface area contributed by atoms with E-state index in [1.54, 1.807) is 24.3 Å². The molecule has 12 nitrogen and oxygen atoms in total. The number of piperidine rings is 2. The molecule has 5 amide bonds. The second-order valence-corrected chi connectivity index (χ2v) is 17.0. The Morgan fingerprint density at radius 1 is 0.810 bits per heavy atom. The molecule has 0 spiro atoms. The van der Waals surface area contributed by atoms with Crippen molar-refractivity contribution in [1.29, 1.82) is 0 Å². The first-order valence-electron chi connectivity index (χ1n) is 20.8. The standard InChI is InChI=1S/C45H54FN7O5/c1-29-5-4-6-38(46)36(29)26-49-27-37(40(28-49)48(2)3)31-8-10-32(11-9-31)51-21-23-52(24-22-51)42(55)16-7-30-17-19-50(20-18-30)33-12-13-34-35(25-33)45(58)53(44(34)57)39-14-15-41(54)47-43(39)56/h4-6,8-13,25,30,37,39-40H,7,14-24,26-28H2,1-3H3,(H,47,54,56)/t37-,39?,40?/m1/s1. The Labute approximate surface area is 339 Å². The highest BCUT2D eigenvalue weighted by Crippen LogP contribution is 2.35. The van der Waals surface area contributed by atoms with Crippen LogP contribution < -0.4 is 15.1 Å². The zero-order valence-electron chi connectivity index (χ0n) is 33.8. The Balaban J connectivity index is 0.783. The Bertz CT molecular complexity index is 2060. The van der Waals surface area contributed by atoms with Crippen molar-refractivity contribution < 1.29 is 28.4 Å². The molecular weight excluding hydrogens is 738 g/mol. The number of nitrogens with one attached hydrogen (secondary N) is 1. The number of anilines is 2. The Morgan fingerprint density at radius 3 is 2.19 bits per heavy atom. The van der Waals surface area contributed by atoms with Gasteiger partial charge >= 0.3 is 0 Å². The van der Waals surface area contributed by atoms with Gasteiger partial charge in [0.1, 0.15) is 11.9 Å². The molecule has 13 heteroatoms. The van der Waals surface area contributed by atoms with Crippen LogP contribution >= 0.6 is 0 Å². The van der Waals surface area contributed by atoms with Gasteiger partial charge in [-0.15, -0.1) is 0 Å². The number of hydrogen-bond acceptors (Lipinski definition) is 9. The average molecular weight is 792 g/mol. The number of likely N-dealkylation sites (tertiary alicyclic amines) is 1. The number of imide groups is 2. The third-order valence-electron chi connectivity index (χ3n) is 13.3. The summed E-state index contributed by atoms with van der Waals surface area (Å²) in [6.45, 7) is 8.94. The van der Waals surface area contributed by atoms with Crippen LogP contribution in [-0.4, -0.2) is 128 Å². The number of amides is 5. The van der Waals surface area contributed by atoms with Crippen LogP contribution in [0.2, 0.25) is 0 Å². The first-order valence-corrected chi connectivity index (χ1v) is 20.8. The molecule has 8 rings (SSSR count). The number of likely N-dealkylation sites (N-methyl/N-ethyl adjacent to an activating group) is 1. The summed E-state index contributed by atoms with van der Waals surface area (Å²) in [5, 5.41) is 2.24. The zero-order valence-corrected chi connectivity index (χ0v) is 33.8. The predicted molar refractivity (Wildman–Crippen MR) is 219 cm³/mol. The highest BCUT2D eigenvalue weighted by Gasteiger charge is 2.45. The monoisotopic (exact) mass is 791 g/mol. The first kappa shape index (κ1) is 39.7. The molecule has 0 radical (unpaired) electrons. The molecule has 0 aliphatic carbocycles. The van der Waals surface area contributed by atoms with Crippen LogP contribution in [0.4, 0.5) is 15.8 Å². The molecule has 0 saturated carbocycles. The Kier molecular flexibility index (Phi) is 11.4. The number of carbonyl (C=O) groups excluding carboxylic acids is 5. The Hall–Kier alpha value is -5.14. The fraction of sp³-hybridized carbons (Fsp3) is 0.489. The molecule has 1 N–H and O–H groups in total. The third-order valence-corrected chi connectivity index (χ3v) is 13.3. The molecule has 5 aliphatic rings. The molecule has 5 heterocycles. The molecule has 3 aromatic carbocycles. The van der Waals surface area contributed by atoms with Crippen molar-refractivity contribution in [1.82, 2.24) is 24.9 Å². The van der Waals surface area contributed by atoms with Crippen molar-refractivity contribution in [3.05, 3.63) is 94.3 Å². The normalized spacial score (nSPS) is 23.3. The van der Waals surface area contributed by atoms with E-state index in [4.69, 9.17) is 0 Å². The largest absolute Gasteiger partial charge is 0.371 e. The zero-order chi connectivity index (χ0) is 40.7. The molecule has 0 aromatic heterocycles. The molecular formula is C45H54FN7O5. The fourth-order valence-corrected chi connectivity index (χ4v) is 9.70. The summed E-state index contributed by atoms with van der Waals surface area (Å²) in [5.74, 6) is -1.16. The minimum atomic E-state index is -0.981. The van der Waals surface area contributed by atoms with Gasteiger partial charge < -0.3 is 19.6 Å². The number of carbonyl (C=O) groups is 5. The van der Waals surface area contributed by atoms with Crippen LogP contribution in [0.3, 0.4) is 0 Å². The number of hydrogen-bond donors (Lipinski definition) is 1. The fourth-order valence-electron chi connectivity index (χ4n) is 9.70. The number of rotatable bonds is 10. The van der Waals surface area contributed by atoms with Gasteiger partial charge in [0.25, 0.3) is 11.8 Å². The maximum absolute atomic E-state index is 14.7. The van der Waals surface area contributed by atoms with E-state index in [0.717, 1.165) is 80.2 Å². The van der Waals surface area contributed by atoms with Crippen molar-refractivity contribution in [3.8, 4) is 0 Å². The van der Waals surface area contributed by atoms with E-state index in [0.29, 0.717) is 49.5 Å². The topological polar surface area (TPSA) is 117 Å². The van der Waals surface area contributed by atoms with E-state index in [2.05, 4.69) is 63.3 Å². The molecule has 3 aromatic rings. The van der Waals surface area contributed by atoms with Crippen molar-refractivity contribution in [2.75, 3.05) is 76.3 Å². The van der Waals surface area contributed by atoms with E-state index >= 15 is 0 Å². The molecule has 5 aliphatic heterocycles. The summed E-state index contributed by atoms with van der Waals surface area (Å²) in [7, 11) is 4.26. The number of aryl methyl sites for hydroxylation is 1. The molecule has 58 heavy (non-hydrogen) atoms. The molecule has 306 valence electrons. The van der Waals surface area contributed by atoms with Gasteiger partial charge in [-0.1, -0.05) is 24.3 Å². The van der Waals surface area contributed by atoms with Crippen LogP contribution in [0.25, 0.3) is 0 Å². The van der Waals surface area contributed by atoms with Gasteiger partial charge in [-0.2, -0.15) is 0 Å². The quantitative estimate of drug-likeness (QED) is 0.299. The second kappa shape index (κ2) is 16.6. The van der Waals surface area contributed by atoms with Gasteiger partial charge in [0.2, 0.25) is 17.7 Å². The summed E-state index contributed by atoms with van der Waals surface area (Å²) in [6.07, 6.45) is 3.46. The minimum absolute atomic E-state index is 0.0860. The summed E-state index contributed by atoms with van der Waals surface area (Å²) in [5.41, 5.74) is 5.69. The summed E-state index contributed by atoms with van der Waals surface area (Å²) < 4.78 is 14.7. The van der Waals surface area contributed by atoms with Gasteiger partial charge in [-0.05, 0) is 100 Å². The van der Waals surface area contributed by atoms with Crippen molar-refractivity contribution in [2.45, 2.75) is 70.0 Å². The van der Waals surface area contributed by atoms with Gasteiger partial charge in [0.05, 0.1) is 11.1 Å².